The van der Waals surface area contributed by atoms with E-state index >= 15 is 0 Å². The maximum absolute atomic E-state index is 13.1. The lowest BCUT2D eigenvalue weighted by Gasteiger charge is -2.36. The molecule has 36 heavy (non-hydrogen) atoms. The van der Waals surface area contributed by atoms with Crippen LogP contribution in [0.3, 0.4) is 0 Å². The van der Waals surface area contributed by atoms with Crippen molar-refractivity contribution in [2.75, 3.05) is 31.5 Å². The largest absolute Gasteiger partial charge is 0.340 e. The van der Waals surface area contributed by atoms with Gasteiger partial charge in [0, 0.05) is 41.7 Å². The molecule has 1 saturated heterocycles. The molecule has 1 aromatic heterocycles. The summed E-state index contributed by atoms with van der Waals surface area (Å²) in [6.45, 7) is 6.20. The van der Waals surface area contributed by atoms with E-state index in [2.05, 4.69) is 52.1 Å². The second-order valence-corrected chi connectivity index (χ2v) is 11.9. The number of hydrogen-bond donors (Lipinski definition) is 1. The third-order valence-corrected chi connectivity index (χ3v) is 9.02. The highest BCUT2D eigenvalue weighted by atomic mass is 79.9. The van der Waals surface area contributed by atoms with Gasteiger partial charge in [0.05, 0.1) is 16.5 Å². The Morgan fingerprint density at radius 2 is 1.56 bits per heavy atom. The maximum atomic E-state index is 13.1. The predicted octanol–water partition coefficient (Wildman–Crippen LogP) is 5.51. The number of sulfonamides is 1. The molecule has 186 valence electrons. The molecule has 0 spiro atoms. The number of piperazine rings is 1. The average Bonchev–Trinajstić information content (AvgIpc) is 2.90. The SMILES string of the molecule is Cc1ccc(Nc2nc([C@H](C)N3CCN(S(=O)(=O)c4ccc(Br)cc4)CC3)nc3ccccc23)cc1. The zero-order valence-corrected chi connectivity index (χ0v) is 22.6. The second kappa shape index (κ2) is 10.3. The molecule has 3 aromatic carbocycles. The van der Waals surface area contributed by atoms with E-state index in [1.165, 1.54) is 5.56 Å². The third kappa shape index (κ3) is 5.15. The van der Waals surface area contributed by atoms with Crippen LogP contribution in [0, 0.1) is 6.92 Å². The summed E-state index contributed by atoms with van der Waals surface area (Å²) in [4.78, 5) is 12.3. The standard InChI is InChI=1S/C27H28BrN5O2S/c1-19-7-11-22(12-8-19)29-27-24-5-3-4-6-25(24)30-26(31-27)20(2)32-15-17-33(18-16-32)36(34,35)23-13-9-21(28)10-14-23/h3-14,20H,15-18H2,1-2H3,(H,29,30,31)/t20-/m0/s1. The number of aromatic nitrogens is 2. The molecule has 0 unspecified atom stereocenters. The van der Waals surface area contributed by atoms with Crippen LogP contribution in [-0.4, -0.2) is 53.8 Å². The summed E-state index contributed by atoms with van der Waals surface area (Å²) >= 11 is 3.36. The Morgan fingerprint density at radius 3 is 2.25 bits per heavy atom. The summed E-state index contributed by atoms with van der Waals surface area (Å²) in [5.41, 5.74) is 3.04. The van der Waals surface area contributed by atoms with Crippen molar-refractivity contribution in [2.24, 2.45) is 0 Å². The van der Waals surface area contributed by atoms with E-state index in [1.807, 2.05) is 36.4 Å². The highest BCUT2D eigenvalue weighted by molar-refractivity contribution is 9.10. The van der Waals surface area contributed by atoms with Gasteiger partial charge in [-0.3, -0.25) is 4.90 Å². The lowest BCUT2D eigenvalue weighted by atomic mass is 10.2. The second-order valence-electron chi connectivity index (χ2n) is 9.01. The fraction of sp³-hybridized carbons (Fsp3) is 0.259. The number of anilines is 2. The molecule has 9 heteroatoms. The van der Waals surface area contributed by atoms with E-state index in [9.17, 15) is 8.42 Å². The Hall–Kier alpha value is -2.85. The van der Waals surface area contributed by atoms with Gasteiger partial charge in [-0.15, -0.1) is 0 Å². The normalized spacial score (nSPS) is 16.2. The van der Waals surface area contributed by atoms with Gasteiger partial charge in [0.15, 0.2) is 0 Å². The molecule has 5 rings (SSSR count). The number of aryl methyl sites for hydroxylation is 1. The summed E-state index contributed by atoms with van der Waals surface area (Å²) in [6, 6.07) is 22.9. The summed E-state index contributed by atoms with van der Waals surface area (Å²) in [6.07, 6.45) is 0. The van der Waals surface area contributed by atoms with E-state index in [1.54, 1.807) is 28.6 Å². The zero-order valence-electron chi connectivity index (χ0n) is 20.2. The van der Waals surface area contributed by atoms with E-state index in [0.29, 0.717) is 36.9 Å². The van der Waals surface area contributed by atoms with Crippen LogP contribution < -0.4 is 5.32 Å². The minimum absolute atomic E-state index is 0.0642. The lowest BCUT2D eigenvalue weighted by molar-refractivity contribution is 0.141. The van der Waals surface area contributed by atoms with Crippen LogP contribution >= 0.6 is 15.9 Å². The molecule has 0 saturated carbocycles. The van der Waals surface area contributed by atoms with Crippen LogP contribution in [0.5, 0.6) is 0 Å². The first-order valence-electron chi connectivity index (χ1n) is 11.9. The van der Waals surface area contributed by atoms with Crippen molar-refractivity contribution >= 4 is 48.4 Å². The zero-order chi connectivity index (χ0) is 25.3. The minimum atomic E-state index is -3.52. The average molecular weight is 567 g/mol. The third-order valence-electron chi connectivity index (χ3n) is 6.58. The molecule has 0 amide bonds. The Balaban J connectivity index is 1.35. The summed E-state index contributed by atoms with van der Waals surface area (Å²) in [7, 11) is -3.52. The number of nitrogens with one attached hydrogen (secondary N) is 1. The van der Waals surface area contributed by atoms with Crippen molar-refractivity contribution < 1.29 is 8.42 Å². The van der Waals surface area contributed by atoms with Gasteiger partial charge in [0.2, 0.25) is 10.0 Å². The fourth-order valence-electron chi connectivity index (χ4n) is 4.40. The van der Waals surface area contributed by atoms with Crippen LogP contribution in [0.1, 0.15) is 24.4 Å². The number of rotatable bonds is 6. The van der Waals surface area contributed by atoms with E-state index < -0.39 is 10.0 Å². The quantitative estimate of drug-likeness (QED) is 0.332. The van der Waals surface area contributed by atoms with Crippen LogP contribution in [-0.2, 0) is 10.0 Å². The Labute approximate surface area is 220 Å². The van der Waals surface area contributed by atoms with Crippen LogP contribution in [0.2, 0.25) is 0 Å². The molecular weight excluding hydrogens is 538 g/mol. The topological polar surface area (TPSA) is 78.4 Å². The van der Waals surface area contributed by atoms with E-state index in [0.717, 1.165) is 26.9 Å². The van der Waals surface area contributed by atoms with Crippen molar-refractivity contribution in [1.82, 2.24) is 19.2 Å². The number of halogens is 1. The number of para-hydroxylation sites is 1. The van der Waals surface area contributed by atoms with Gasteiger partial charge in [-0.1, -0.05) is 45.8 Å². The van der Waals surface area contributed by atoms with Crippen molar-refractivity contribution in [3.05, 3.63) is 88.7 Å². The molecule has 1 aliphatic heterocycles. The van der Waals surface area contributed by atoms with Crippen molar-refractivity contribution in [3.63, 3.8) is 0 Å². The molecular formula is C27H28BrN5O2S. The Morgan fingerprint density at radius 1 is 0.889 bits per heavy atom. The molecule has 0 radical (unpaired) electrons. The molecule has 4 aromatic rings. The van der Waals surface area contributed by atoms with Gasteiger partial charge in [-0.25, -0.2) is 18.4 Å². The molecule has 1 aliphatic rings. The first kappa shape index (κ1) is 24.8. The number of hydrogen-bond acceptors (Lipinski definition) is 6. The van der Waals surface area contributed by atoms with Gasteiger partial charge in [-0.05, 0) is 62.4 Å². The molecule has 0 aliphatic carbocycles. The lowest BCUT2D eigenvalue weighted by Crippen LogP contribution is -2.49. The highest BCUT2D eigenvalue weighted by Crippen LogP contribution is 2.29. The van der Waals surface area contributed by atoms with Crippen LogP contribution in [0.25, 0.3) is 10.9 Å². The number of benzene rings is 3. The van der Waals surface area contributed by atoms with Gasteiger partial charge in [-0.2, -0.15) is 4.31 Å². The summed E-state index contributed by atoms with van der Waals surface area (Å²) < 4.78 is 28.6. The molecule has 1 N–H and O–H groups in total. The molecule has 0 bridgehead atoms. The van der Waals surface area contributed by atoms with Gasteiger partial charge in [0.25, 0.3) is 0 Å². The van der Waals surface area contributed by atoms with E-state index in [-0.39, 0.29) is 6.04 Å². The molecule has 1 fully saturated rings. The first-order chi connectivity index (χ1) is 17.3. The van der Waals surface area contributed by atoms with Gasteiger partial charge in [0.1, 0.15) is 11.6 Å². The smallest absolute Gasteiger partial charge is 0.243 e. The van der Waals surface area contributed by atoms with Gasteiger partial charge < -0.3 is 5.32 Å². The predicted molar refractivity (Wildman–Crippen MR) is 147 cm³/mol. The summed E-state index contributed by atoms with van der Waals surface area (Å²) in [5, 5.41) is 4.42. The number of fused-ring (bicyclic) bond motifs is 1. The monoisotopic (exact) mass is 565 g/mol. The minimum Gasteiger partial charge on any atom is -0.340 e. The van der Waals surface area contributed by atoms with Crippen LogP contribution in [0.4, 0.5) is 11.5 Å². The number of nitrogens with zero attached hydrogens (tertiary/aromatic N) is 4. The maximum Gasteiger partial charge on any atom is 0.243 e. The fourth-order valence-corrected chi connectivity index (χ4v) is 6.09. The Bertz CT molecular complexity index is 1470. The molecule has 1 atom stereocenters. The Kier molecular flexibility index (Phi) is 7.07. The van der Waals surface area contributed by atoms with Gasteiger partial charge >= 0.3 is 0 Å². The van der Waals surface area contributed by atoms with Crippen molar-refractivity contribution in [2.45, 2.75) is 24.8 Å². The van der Waals surface area contributed by atoms with E-state index in [4.69, 9.17) is 9.97 Å². The highest BCUT2D eigenvalue weighted by Gasteiger charge is 2.31. The first-order valence-corrected chi connectivity index (χ1v) is 14.1. The molecule has 7 nitrogen and oxygen atoms in total. The molecule has 2 heterocycles. The van der Waals surface area contributed by atoms with Crippen LogP contribution in [0.15, 0.2) is 82.2 Å². The van der Waals surface area contributed by atoms with Crippen molar-refractivity contribution in [3.8, 4) is 0 Å². The van der Waals surface area contributed by atoms with Crippen molar-refractivity contribution in [1.29, 1.82) is 0 Å². The summed E-state index contributed by atoms with van der Waals surface area (Å²) in [5.74, 6) is 1.48.